The van der Waals surface area contributed by atoms with E-state index < -0.39 is 5.54 Å². The Kier molecular flexibility index (Phi) is 4.19. The van der Waals surface area contributed by atoms with Crippen LogP contribution in [-0.2, 0) is 13.6 Å². The lowest BCUT2D eigenvalue weighted by molar-refractivity contribution is 0.103. The highest BCUT2D eigenvalue weighted by Gasteiger charge is 2.22. The molecule has 1 aromatic heterocycles. The normalized spacial score (nSPS) is 12.5. The van der Waals surface area contributed by atoms with Crippen molar-refractivity contribution in [1.82, 2.24) is 9.88 Å². The Bertz CT molecular complexity index is 1090. The number of aromatic nitrogens is 1. The van der Waals surface area contributed by atoms with E-state index in [0.29, 0.717) is 6.54 Å². The lowest BCUT2D eigenvalue weighted by Gasteiger charge is -2.26. The number of nitrogens with one attached hydrogen (secondary N) is 1. The van der Waals surface area contributed by atoms with Crippen LogP contribution in [0.3, 0.4) is 0 Å². The maximum Gasteiger partial charge on any atom is 0.0633 e. The van der Waals surface area contributed by atoms with Crippen LogP contribution in [0.25, 0.3) is 32.6 Å². The summed E-state index contributed by atoms with van der Waals surface area (Å²) in [6, 6.07) is 19.1. The fourth-order valence-corrected chi connectivity index (χ4v) is 3.70. The van der Waals surface area contributed by atoms with Gasteiger partial charge in [-0.05, 0) is 35.4 Å². The Balaban J connectivity index is 1.97. The molecule has 0 aliphatic rings. The zero-order chi connectivity index (χ0) is 18.3. The molecule has 4 aromatic rings. The van der Waals surface area contributed by atoms with Gasteiger partial charge in [-0.3, -0.25) is 0 Å². The Labute approximate surface area is 152 Å². The van der Waals surface area contributed by atoms with Gasteiger partial charge < -0.3 is 20.1 Å². The molecule has 0 saturated carbocycles. The second kappa shape index (κ2) is 6.40. The topological polar surface area (TPSA) is 57.4 Å². The van der Waals surface area contributed by atoms with E-state index in [9.17, 15) is 10.2 Å². The van der Waals surface area contributed by atoms with Gasteiger partial charge >= 0.3 is 0 Å². The summed E-state index contributed by atoms with van der Waals surface area (Å²) in [5, 5.41) is 27.4. The summed E-state index contributed by atoms with van der Waals surface area (Å²) < 4.78 is 2.23. The third-order valence-corrected chi connectivity index (χ3v) is 5.41. The number of aryl methyl sites for hydroxylation is 1. The molecule has 0 bridgehead atoms. The smallest absolute Gasteiger partial charge is 0.0633 e. The molecule has 0 amide bonds. The number of nitrogens with zero attached hydrogens (tertiary/aromatic N) is 1. The number of aliphatic hydroxyl groups excluding tert-OH is 2. The summed E-state index contributed by atoms with van der Waals surface area (Å²) in [6.07, 6.45) is 0. The third kappa shape index (κ3) is 2.58. The quantitative estimate of drug-likeness (QED) is 0.519. The minimum Gasteiger partial charge on any atom is -0.394 e. The molecule has 3 aromatic carbocycles. The molecular weight excluding hydrogens is 324 g/mol. The first-order chi connectivity index (χ1) is 12.6. The maximum absolute atomic E-state index is 9.57. The van der Waals surface area contributed by atoms with E-state index in [0.717, 1.165) is 5.56 Å². The van der Waals surface area contributed by atoms with Gasteiger partial charge in [-0.25, -0.2) is 0 Å². The number of hydrogen-bond donors (Lipinski definition) is 3. The van der Waals surface area contributed by atoms with Gasteiger partial charge in [0.05, 0.1) is 18.8 Å². The van der Waals surface area contributed by atoms with Crippen molar-refractivity contribution in [3.63, 3.8) is 0 Å². The first-order valence-electron chi connectivity index (χ1n) is 8.92. The van der Waals surface area contributed by atoms with Gasteiger partial charge in [0.2, 0.25) is 0 Å². The number of aliphatic hydroxyl groups is 2. The van der Waals surface area contributed by atoms with Crippen molar-refractivity contribution in [3.8, 4) is 0 Å². The summed E-state index contributed by atoms with van der Waals surface area (Å²) in [5.41, 5.74) is 2.86. The summed E-state index contributed by atoms with van der Waals surface area (Å²) in [7, 11) is 2.10. The average Bonchev–Trinajstić information content (AvgIpc) is 2.99. The predicted molar refractivity (Wildman–Crippen MR) is 107 cm³/mol. The lowest BCUT2D eigenvalue weighted by atomic mass is 9.99. The van der Waals surface area contributed by atoms with Crippen LogP contribution < -0.4 is 5.32 Å². The molecule has 0 aliphatic heterocycles. The molecule has 0 radical (unpaired) electrons. The van der Waals surface area contributed by atoms with Gasteiger partial charge in [0, 0.05) is 35.4 Å². The van der Waals surface area contributed by atoms with Gasteiger partial charge in [0.15, 0.2) is 0 Å². The molecule has 0 fully saturated rings. The van der Waals surface area contributed by atoms with Crippen molar-refractivity contribution in [3.05, 3.63) is 60.2 Å². The molecule has 0 unspecified atom stereocenters. The van der Waals surface area contributed by atoms with Crippen molar-refractivity contribution < 1.29 is 10.2 Å². The number of rotatable bonds is 5. The highest BCUT2D eigenvalue weighted by molar-refractivity contribution is 6.21. The lowest BCUT2D eigenvalue weighted by Crippen LogP contribution is -2.48. The number of benzene rings is 3. The van der Waals surface area contributed by atoms with E-state index in [1.807, 2.05) is 6.92 Å². The van der Waals surface area contributed by atoms with Crippen molar-refractivity contribution in [2.24, 2.45) is 7.05 Å². The molecule has 4 rings (SSSR count). The molecule has 0 spiro atoms. The molecule has 0 atom stereocenters. The molecule has 4 nitrogen and oxygen atoms in total. The fraction of sp³-hybridized carbons (Fsp3) is 0.273. The van der Waals surface area contributed by atoms with Crippen LogP contribution >= 0.6 is 0 Å². The summed E-state index contributed by atoms with van der Waals surface area (Å²) in [6.45, 7) is 2.18. The van der Waals surface area contributed by atoms with Crippen LogP contribution in [0.15, 0.2) is 54.6 Å². The van der Waals surface area contributed by atoms with Crippen LogP contribution in [0, 0.1) is 0 Å². The minimum atomic E-state index is -0.700. The van der Waals surface area contributed by atoms with E-state index in [1.165, 1.54) is 32.6 Å². The standard InChI is InChI=1S/C22H24N2O2/c1-22(13-25,14-26)23-12-16-7-5-9-18-20(16)21-17-8-4-3-6-15(17)10-11-19(21)24(18)2/h3-11,23,25-26H,12-14H2,1-2H3. The van der Waals surface area contributed by atoms with Crippen molar-refractivity contribution in [2.45, 2.75) is 19.0 Å². The highest BCUT2D eigenvalue weighted by atomic mass is 16.3. The molecule has 1 heterocycles. The third-order valence-electron chi connectivity index (χ3n) is 5.41. The van der Waals surface area contributed by atoms with Crippen LogP contribution in [0.4, 0.5) is 0 Å². The average molecular weight is 348 g/mol. The van der Waals surface area contributed by atoms with Crippen LogP contribution in [-0.4, -0.2) is 33.5 Å². The van der Waals surface area contributed by atoms with E-state index in [1.54, 1.807) is 0 Å². The SMILES string of the molecule is Cn1c2cccc(CNC(C)(CO)CO)c2c2c3ccccc3ccc21. The predicted octanol–water partition coefficient (Wildman–Crippen LogP) is 3.32. The van der Waals surface area contributed by atoms with Crippen molar-refractivity contribution >= 4 is 32.6 Å². The van der Waals surface area contributed by atoms with Crippen molar-refractivity contribution in [2.75, 3.05) is 13.2 Å². The zero-order valence-electron chi connectivity index (χ0n) is 15.2. The van der Waals surface area contributed by atoms with Gasteiger partial charge in [-0.15, -0.1) is 0 Å². The molecule has 3 N–H and O–H groups in total. The van der Waals surface area contributed by atoms with E-state index in [2.05, 4.69) is 71.5 Å². The summed E-state index contributed by atoms with van der Waals surface area (Å²) in [5.74, 6) is 0. The zero-order valence-corrected chi connectivity index (χ0v) is 15.2. The largest absolute Gasteiger partial charge is 0.394 e. The Morgan fingerprint density at radius 3 is 2.38 bits per heavy atom. The van der Waals surface area contributed by atoms with Gasteiger partial charge in [-0.2, -0.15) is 0 Å². The van der Waals surface area contributed by atoms with Gasteiger partial charge in [0.25, 0.3) is 0 Å². The number of fused-ring (bicyclic) bond motifs is 5. The second-order valence-corrected chi connectivity index (χ2v) is 7.28. The minimum absolute atomic E-state index is 0.113. The van der Waals surface area contributed by atoms with Crippen LogP contribution in [0.5, 0.6) is 0 Å². The van der Waals surface area contributed by atoms with Gasteiger partial charge in [-0.1, -0.05) is 42.5 Å². The Morgan fingerprint density at radius 2 is 1.62 bits per heavy atom. The van der Waals surface area contributed by atoms with E-state index >= 15 is 0 Å². The molecule has 26 heavy (non-hydrogen) atoms. The van der Waals surface area contributed by atoms with E-state index in [-0.39, 0.29) is 13.2 Å². The Hall–Kier alpha value is -2.40. The van der Waals surface area contributed by atoms with E-state index in [4.69, 9.17) is 0 Å². The first-order valence-corrected chi connectivity index (χ1v) is 8.92. The molecule has 4 heteroatoms. The summed E-state index contributed by atoms with van der Waals surface area (Å²) in [4.78, 5) is 0. The Morgan fingerprint density at radius 1 is 0.885 bits per heavy atom. The van der Waals surface area contributed by atoms with Crippen LogP contribution in [0.2, 0.25) is 0 Å². The second-order valence-electron chi connectivity index (χ2n) is 7.28. The fourth-order valence-electron chi connectivity index (χ4n) is 3.70. The molecule has 134 valence electrons. The molecule has 0 saturated heterocycles. The monoisotopic (exact) mass is 348 g/mol. The molecular formula is C22H24N2O2. The number of hydrogen-bond acceptors (Lipinski definition) is 3. The van der Waals surface area contributed by atoms with Crippen molar-refractivity contribution in [1.29, 1.82) is 0 Å². The highest BCUT2D eigenvalue weighted by Crippen LogP contribution is 2.36. The molecule has 0 aliphatic carbocycles. The first kappa shape index (κ1) is 17.0. The van der Waals surface area contributed by atoms with Gasteiger partial charge in [0.1, 0.15) is 0 Å². The van der Waals surface area contributed by atoms with Crippen LogP contribution in [0.1, 0.15) is 12.5 Å². The maximum atomic E-state index is 9.57. The summed E-state index contributed by atoms with van der Waals surface area (Å²) >= 11 is 0.